The number of nitrogens with one attached hydrogen (secondary N) is 1. The van der Waals surface area contributed by atoms with E-state index >= 15 is 0 Å². The molecule has 0 spiro atoms. The molecular formula is C23H21N5O3. The minimum Gasteiger partial charge on any atom is -0.494 e. The molecule has 8 nitrogen and oxygen atoms in total. The van der Waals surface area contributed by atoms with Crippen LogP contribution in [0.5, 0.6) is 17.4 Å². The molecule has 1 amide bonds. The van der Waals surface area contributed by atoms with Crippen LogP contribution in [-0.2, 0) is 0 Å². The Kier molecular flexibility index (Phi) is 5.89. The maximum absolute atomic E-state index is 12.4. The maximum atomic E-state index is 12.4. The number of hydrogen-bond acceptors (Lipinski definition) is 6. The number of amides is 1. The zero-order valence-electron chi connectivity index (χ0n) is 17.1. The van der Waals surface area contributed by atoms with Crippen molar-refractivity contribution in [2.45, 2.75) is 13.8 Å². The number of rotatable bonds is 7. The third kappa shape index (κ3) is 5.05. The quantitative estimate of drug-likeness (QED) is 0.481. The average molecular weight is 415 g/mol. The van der Waals surface area contributed by atoms with E-state index in [2.05, 4.69) is 20.3 Å². The van der Waals surface area contributed by atoms with Crippen LogP contribution in [0.1, 0.15) is 23.1 Å². The first-order chi connectivity index (χ1) is 15.1. The SMILES string of the molecule is CCOc1ccc(C(=O)Nc2ccc(Oc3cc(-n4ccnc4)nc(C)n3)cc2)cc1. The molecule has 4 aromatic rings. The van der Waals surface area contributed by atoms with Gasteiger partial charge in [0.25, 0.3) is 5.91 Å². The molecule has 2 aromatic carbocycles. The van der Waals surface area contributed by atoms with Crippen molar-refractivity contribution in [1.29, 1.82) is 0 Å². The molecule has 8 heteroatoms. The van der Waals surface area contributed by atoms with Crippen LogP contribution in [0.15, 0.2) is 73.3 Å². The lowest BCUT2D eigenvalue weighted by Crippen LogP contribution is -2.11. The Bertz CT molecular complexity index is 1160. The summed E-state index contributed by atoms with van der Waals surface area (Å²) < 4.78 is 13.0. The summed E-state index contributed by atoms with van der Waals surface area (Å²) in [6, 6.07) is 15.8. The number of benzene rings is 2. The Balaban J connectivity index is 1.42. The number of aromatic nitrogens is 4. The molecule has 0 bridgehead atoms. The largest absolute Gasteiger partial charge is 0.494 e. The van der Waals surface area contributed by atoms with Crippen molar-refractivity contribution < 1.29 is 14.3 Å². The van der Waals surface area contributed by atoms with Gasteiger partial charge >= 0.3 is 0 Å². The fraction of sp³-hybridized carbons (Fsp3) is 0.130. The minimum atomic E-state index is -0.201. The van der Waals surface area contributed by atoms with Gasteiger partial charge in [-0.25, -0.2) is 9.97 Å². The van der Waals surface area contributed by atoms with Gasteiger partial charge in [-0.15, -0.1) is 0 Å². The Labute approximate surface area is 179 Å². The van der Waals surface area contributed by atoms with Gasteiger partial charge in [-0.2, -0.15) is 4.98 Å². The minimum absolute atomic E-state index is 0.201. The van der Waals surface area contributed by atoms with Gasteiger partial charge < -0.3 is 14.8 Å². The van der Waals surface area contributed by atoms with Crippen molar-refractivity contribution in [2.75, 3.05) is 11.9 Å². The molecule has 0 atom stereocenters. The fourth-order valence-corrected chi connectivity index (χ4v) is 2.90. The van der Waals surface area contributed by atoms with Gasteiger partial charge in [0.2, 0.25) is 5.88 Å². The van der Waals surface area contributed by atoms with E-state index in [1.54, 1.807) is 84.8 Å². The van der Waals surface area contributed by atoms with Crippen molar-refractivity contribution in [2.24, 2.45) is 0 Å². The molecule has 0 aliphatic rings. The summed E-state index contributed by atoms with van der Waals surface area (Å²) in [5.41, 5.74) is 1.21. The highest BCUT2D eigenvalue weighted by Gasteiger charge is 2.08. The van der Waals surface area contributed by atoms with Crippen LogP contribution in [0.3, 0.4) is 0 Å². The number of carbonyl (C=O) groups excluding carboxylic acids is 1. The highest BCUT2D eigenvalue weighted by Crippen LogP contribution is 2.23. The zero-order chi connectivity index (χ0) is 21.6. The van der Waals surface area contributed by atoms with E-state index in [0.717, 1.165) is 5.75 Å². The van der Waals surface area contributed by atoms with E-state index in [9.17, 15) is 4.79 Å². The van der Waals surface area contributed by atoms with E-state index in [4.69, 9.17) is 9.47 Å². The highest BCUT2D eigenvalue weighted by atomic mass is 16.5. The van der Waals surface area contributed by atoms with Crippen LogP contribution in [0.4, 0.5) is 5.69 Å². The molecular weight excluding hydrogens is 394 g/mol. The van der Waals surface area contributed by atoms with E-state index in [1.165, 1.54) is 0 Å². The second-order valence-corrected chi connectivity index (χ2v) is 6.62. The van der Waals surface area contributed by atoms with Crippen LogP contribution in [0.2, 0.25) is 0 Å². The van der Waals surface area contributed by atoms with Gasteiger partial charge in [-0.3, -0.25) is 9.36 Å². The normalized spacial score (nSPS) is 10.5. The lowest BCUT2D eigenvalue weighted by atomic mass is 10.2. The topological polar surface area (TPSA) is 91.2 Å². The second kappa shape index (κ2) is 9.08. The van der Waals surface area contributed by atoms with Crippen molar-refractivity contribution in [3.8, 4) is 23.2 Å². The molecule has 0 unspecified atom stereocenters. The smallest absolute Gasteiger partial charge is 0.255 e. The van der Waals surface area contributed by atoms with Crippen LogP contribution in [-0.4, -0.2) is 32.0 Å². The summed E-state index contributed by atoms with van der Waals surface area (Å²) in [5, 5.41) is 2.87. The summed E-state index contributed by atoms with van der Waals surface area (Å²) in [6.45, 7) is 4.30. The number of hydrogen-bond donors (Lipinski definition) is 1. The van der Waals surface area contributed by atoms with Crippen molar-refractivity contribution >= 4 is 11.6 Å². The molecule has 0 saturated carbocycles. The lowest BCUT2D eigenvalue weighted by Gasteiger charge is -2.10. The summed E-state index contributed by atoms with van der Waals surface area (Å²) in [7, 11) is 0. The highest BCUT2D eigenvalue weighted by molar-refractivity contribution is 6.04. The first kappa shape index (κ1) is 20.1. The van der Waals surface area contributed by atoms with Gasteiger partial charge in [-0.05, 0) is 62.4 Å². The molecule has 0 radical (unpaired) electrons. The predicted octanol–water partition coefficient (Wildman–Crippen LogP) is 4.41. The van der Waals surface area contributed by atoms with Crippen LogP contribution in [0, 0.1) is 6.92 Å². The van der Waals surface area contributed by atoms with Crippen molar-refractivity contribution in [3.05, 3.63) is 84.7 Å². The molecule has 31 heavy (non-hydrogen) atoms. The Hall–Kier alpha value is -4.20. The number of aryl methyl sites for hydroxylation is 1. The standard InChI is InChI=1S/C23H21N5O3/c1-3-30-19-8-4-17(5-9-19)23(29)27-18-6-10-20(11-7-18)31-22-14-21(25-16(2)26-22)28-13-12-24-15-28/h4-15H,3H2,1-2H3,(H,27,29). The second-order valence-electron chi connectivity index (χ2n) is 6.62. The monoisotopic (exact) mass is 415 g/mol. The molecule has 2 aromatic heterocycles. The van der Waals surface area contributed by atoms with Crippen LogP contribution in [0.25, 0.3) is 5.82 Å². The average Bonchev–Trinajstić information content (AvgIpc) is 3.31. The first-order valence-electron chi connectivity index (χ1n) is 9.77. The fourth-order valence-electron chi connectivity index (χ4n) is 2.90. The number of anilines is 1. The molecule has 156 valence electrons. The molecule has 4 rings (SSSR count). The van der Waals surface area contributed by atoms with Crippen LogP contribution >= 0.6 is 0 Å². The first-order valence-corrected chi connectivity index (χ1v) is 9.77. The number of nitrogens with zero attached hydrogens (tertiary/aromatic N) is 4. The summed E-state index contributed by atoms with van der Waals surface area (Å²) in [6.07, 6.45) is 5.14. The predicted molar refractivity (Wildman–Crippen MR) is 116 cm³/mol. The molecule has 0 fully saturated rings. The molecule has 1 N–H and O–H groups in total. The Morgan fingerprint density at radius 2 is 1.77 bits per heavy atom. The molecule has 0 aliphatic heterocycles. The van der Waals surface area contributed by atoms with Crippen molar-refractivity contribution in [1.82, 2.24) is 19.5 Å². The lowest BCUT2D eigenvalue weighted by molar-refractivity contribution is 0.102. The number of carbonyl (C=O) groups is 1. The van der Waals surface area contributed by atoms with E-state index in [-0.39, 0.29) is 5.91 Å². The van der Waals surface area contributed by atoms with Gasteiger partial charge in [-0.1, -0.05) is 0 Å². The third-order valence-electron chi connectivity index (χ3n) is 4.33. The Morgan fingerprint density at radius 3 is 2.45 bits per heavy atom. The summed E-state index contributed by atoms with van der Waals surface area (Å²) >= 11 is 0. The van der Waals surface area contributed by atoms with Crippen LogP contribution < -0.4 is 14.8 Å². The molecule has 0 saturated heterocycles. The molecule has 0 aliphatic carbocycles. The Morgan fingerprint density at radius 1 is 1.03 bits per heavy atom. The molecule has 2 heterocycles. The van der Waals surface area contributed by atoms with Gasteiger partial charge in [0, 0.05) is 29.7 Å². The summed E-state index contributed by atoms with van der Waals surface area (Å²) in [5.74, 6) is 2.79. The van der Waals surface area contributed by atoms with Gasteiger partial charge in [0.05, 0.1) is 6.61 Å². The zero-order valence-corrected chi connectivity index (χ0v) is 17.1. The maximum Gasteiger partial charge on any atom is 0.255 e. The number of imidazole rings is 1. The number of ether oxygens (including phenoxy) is 2. The van der Waals surface area contributed by atoms with E-state index < -0.39 is 0 Å². The van der Waals surface area contributed by atoms with Gasteiger partial charge in [0.15, 0.2) is 0 Å². The summed E-state index contributed by atoms with van der Waals surface area (Å²) in [4.78, 5) is 25.2. The van der Waals surface area contributed by atoms with Gasteiger partial charge in [0.1, 0.15) is 29.5 Å². The van der Waals surface area contributed by atoms with Crippen molar-refractivity contribution in [3.63, 3.8) is 0 Å². The van der Waals surface area contributed by atoms with E-state index in [1.807, 2.05) is 6.92 Å². The van der Waals surface area contributed by atoms with E-state index in [0.29, 0.717) is 41.1 Å². The third-order valence-corrected chi connectivity index (χ3v) is 4.33.